The number of rotatable bonds is 3. The summed E-state index contributed by atoms with van der Waals surface area (Å²) >= 11 is 5.74. The number of halogens is 1. The van der Waals surface area contributed by atoms with Crippen LogP contribution in [0.5, 0.6) is 0 Å². The average Bonchev–Trinajstić information content (AvgIpc) is 2.18. The summed E-state index contributed by atoms with van der Waals surface area (Å²) in [6.07, 6.45) is 0. The second-order valence-corrected chi connectivity index (χ2v) is 3.72. The van der Waals surface area contributed by atoms with Crippen LogP contribution in [0.25, 0.3) is 0 Å². The van der Waals surface area contributed by atoms with Crippen LogP contribution in [0.1, 0.15) is 24.2 Å². The van der Waals surface area contributed by atoms with E-state index in [0.29, 0.717) is 0 Å². The normalized spacial score (nSPS) is 9.82. The van der Waals surface area contributed by atoms with Crippen molar-refractivity contribution in [1.82, 2.24) is 0 Å². The van der Waals surface area contributed by atoms with Gasteiger partial charge in [-0.3, -0.25) is 19.7 Å². The molecule has 0 bridgehead atoms. The molecule has 0 fully saturated rings. The number of nitro groups is 1. The van der Waals surface area contributed by atoms with Crippen LogP contribution >= 0.6 is 11.6 Å². The smallest absolute Gasteiger partial charge is 0.304 e. The van der Waals surface area contributed by atoms with Crippen LogP contribution in [0.2, 0.25) is 5.02 Å². The van der Waals surface area contributed by atoms with Crippen LogP contribution in [0.15, 0.2) is 12.1 Å². The Bertz CT molecular complexity index is 513. The molecule has 0 aliphatic heterocycles. The third kappa shape index (κ3) is 2.79. The third-order valence-electron chi connectivity index (χ3n) is 1.97. The lowest BCUT2D eigenvalue weighted by Crippen LogP contribution is -2.11. The molecular formula is C10H9ClN2O4. The number of ketones is 1. The van der Waals surface area contributed by atoms with Crippen molar-refractivity contribution in [3.05, 3.63) is 32.8 Å². The zero-order valence-corrected chi connectivity index (χ0v) is 9.87. The predicted molar refractivity (Wildman–Crippen MR) is 62.4 cm³/mol. The summed E-state index contributed by atoms with van der Waals surface area (Å²) in [5.74, 6) is -1.00. The SMILES string of the molecule is CC(=O)Nc1ccc(Cl)c(C(C)=O)c1[N+](=O)[O-]. The molecule has 0 heterocycles. The highest BCUT2D eigenvalue weighted by Gasteiger charge is 2.26. The van der Waals surface area contributed by atoms with Gasteiger partial charge in [-0.1, -0.05) is 11.6 Å². The van der Waals surface area contributed by atoms with Gasteiger partial charge >= 0.3 is 5.69 Å². The second kappa shape index (κ2) is 4.92. The van der Waals surface area contributed by atoms with Crippen LogP contribution in [0.3, 0.4) is 0 Å². The first kappa shape index (κ1) is 13.1. The van der Waals surface area contributed by atoms with Gasteiger partial charge in [0, 0.05) is 6.92 Å². The van der Waals surface area contributed by atoms with Gasteiger partial charge in [0.05, 0.1) is 9.95 Å². The van der Waals surface area contributed by atoms with Gasteiger partial charge in [-0.2, -0.15) is 0 Å². The minimum Gasteiger partial charge on any atom is -0.321 e. The van der Waals surface area contributed by atoms with Gasteiger partial charge in [-0.15, -0.1) is 0 Å². The lowest BCUT2D eigenvalue weighted by molar-refractivity contribution is -0.384. The number of nitrogens with zero attached hydrogens (tertiary/aromatic N) is 1. The van der Waals surface area contributed by atoms with Crippen molar-refractivity contribution in [1.29, 1.82) is 0 Å². The fraction of sp³-hybridized carbons (Fsp3) is 0.200. The molecule has 0 aliphatic carbocycles. The van der Waals surface area contributed by atoms with E-state index < -0.39 is 22.3 Å². The predicted octanol–water partition coefficient (Wildman–Crippen LogP) is 2.41. The zero-order valence-electron chi connectivity index (χ0n) is 9.11. The molecule has 0 radical (unpaired) electrons. The summed E-state index contributed by atoms with van der Waals surface area (Å²) in [6.45, 7) is 2.39. The van der Waals surface area contributed by atoms with Crippen LogP contribution in [0.4, 0.5) is 11.4 Å². The van der Waals surface area contributed by atoms with Crippen molar-refractivity contribution in [3.63, 3.8) is 0 Å². The maximum Gasteiger partial charge on any atom is 0.304 e. The number of nitrogens with one attached hydrogen (secondary N) is 1. The van der Waals surface area contributed by atoms with Crippen molar-refractivity contribution in [2.24, 2.45) is 0 Å². The van der Waals surface area contributed by atoms with Crippen LogP contribution in [-0.2, 0) is 4.79 Å². The monoisotopic (exact) mass is 256 g/mol. The molecule has 0 saturated heterocycles. The van der Waals surface area contributed by atoms with Crippen molar-refractivity contribution in [3.8, 4) is 0 Å². The Hall–Kier alpha value is -1.95. The topological polar surface area (TPSA) is 89.3 Å². The van der Waals surface area contributed by atoms with E-state index in [4.69, 9.17) is 11.6 Å². The lowest BCUT2D eigenvalue weighted by atomic mass is 10.1. The Morgan fingerprint density at radius 1 is 1.35 bits per heavy atom. The molecule has 1 aromatic rings. The summed E-state index contributed by atoms with van der Waals surface area (Å²) in [5.41, 5.74) is -0.736. The maximum atomic E-state index is 11.3. The summed E-state index contributed by atoms with van der Waals surface area (Å²) in [5, 5.41) is 13.2. The molecule has 1 rings (SSSR count). The maximum absolute atomic E-state index is 11.3. The molecule has 0 unspecified atom stereocenters. The summed E-state index contributed by atoms with van der Waals surface area (Å²) < 4.78 is 0. The number of hydrogen-bond donors (Lipinski definition) is 1. The Balaban J connectivity index is 3.52. The van der Waals surface area contributed by atoms with Crippen LogP contribution < -0.4 is 5.32 Å². The van der Waals surface area contributed by atoms with E-state index in [2.05, 4.69) is 5.32 Å². The van der Waals surface area contributed by atoms with E-state index >= 15 is 0 Å². The van der Waals surface area contributed by atoms with Gasteiger partial charge in [0.2, 0.25) is 5.91 Å². The van der Waals surface area contributed by atoms with Gasteiger partial charge in [-0.25, -0.2) is 0 Å². The second-order valence-electron chi connectivity index (χ2n) is 3.31. The molecule has 90 valence electrons. The van der Waals surface area contributed by atoms with E-state index in [0.717, 1.165) is 0 Å². The highest BCUT2D eigenvalue weighted by molar-refractivity contribution is 6.34. The number of amides is 1. The quantitative estimate of drug-likeness (QED) is 0.511. The molecule has 0 atom stereocenters. The number of carbonyl (C=O) groups is 2. The van der Waals surface area contributed by atoms with Crippen molar-refractivity contribution in [2.45, 2.75) is 13.8 Å². The largest absolute Gasteiger partial charge is 0.321 e. The van der Waals surface area contributed by atoms with E-state index in [1.54, 1.807) is 0 Å². The summed E-state index contributed by atoms with van der Waals surface area (Å²) in [7, 11) is 0. The first-order valence-corrected chi connectivity index (χ1v) is 4.97. The minimum absolute atomic E-state index is 0.0155. The Labute approximate surface area is 102 Å². The van der Waals surface area contributed by atoms with Crippen molar-refractivity contribution >= 4 is 34.7 Å². The summed E-state index contributed by atoms with van der Waals surface area (Å²) in [4.78, 5) is 32.4. The van der Waals surface area contributed by atoms with Gasteiger partial charge in [0.15, 0.2) is 5.78 Å². The molecule has 0 saturated carbocycles. The number of benzene rings is 1. The number of hydrogen-bond acceptors (Lipinski definition) is 4. The van der Waals surface area contributed by atoms with E-state index in [-0.39, 0.29) is 16.3 Å². The fourth-order valence-electron chi connectivity index (χ4n) is 1.38. The number of anilines is 1. The molecule has 1 aromatic carbocycles. The number of carbonyl (C=O) groups excluding carboxylic acids is 2. The number of Topliss-reactive ketones (excluding diaryl/α,β-unsaturated/α-hetero) is 1. The molecule has 0 aromatic heterocycles. The summed E-state index contributed by atoms with van der Waals surface area (Å²) in [6, 6.07) is 2.62. The van der Waals surface area contributed by atoms with E-state index in [9.17, 15) is 19.7 Å². The number of nitro benzene ring substituents is 1. The first-order chi connectivity index (χ1) is 7.84. The van der Waals surface area contributed by atoms with Crippen molar-refractivity contribution < 1.29 is 14.5 Å². The minimum atomic E-state index is -0.742. The lowest BCUT2D eigenvalue weighted by Gasteiger charge is -2.07. The molecule has 7 heteroatoms. The highest BCUT2D eigenvalue weighted by Crippen LogP contribution is 2.34. The van der Waals surface area contributed by atoms with Gasteiger partial charge in [0.1, 0.15) is 11.3 Å². The zero-order chi connectivity index (χ0) is 13.2. The Morgan fingerprint density at radius 2 is 1.94 bits per heavy atom. The van der Waals surface area contributed by atoms with Crippen molar-refractivity contribution in [2.75, 3.05) is 5.32 Å². The third-order valence-corrected chi connectivity index (χ3v) is 2.29. The highest BCUT2D eigenvalue weighted by atomic mass is 35.5. The van der Waals surface area contributed by atoms with Gasteiger partial charge in [-0.05, 0) is 19.1 Å². The molecular weight excluding hydrogens is 248 g/mol. The Kier molecular flexibility index (Phi) is 3.80. The van der Waals surface area contributed by atoms with Crippen LogP contribution in [0, 0.1) is 10.1 Å². The molecule has 0 spiro atoms. The molecule has 6 nitrogen and oxygen atoms in total. The van der Waals surface area contributed by atoms with Crippen LogP contribution in [-0.4, -0.2) is 16.6 Å². The van der Waals surface area contributed by atoms with E-state index in [1.807, 2.05) is 0 Å². The Morgan fingerprint density at radius 3 is 2.35 bits per heavy atom. The molecule has 1 N–H and O–H groups in total. The average molecular weight is 257 g/mol. The molecule has 17 heavy (non-hydrogen) atoms. The standard InChI is InChI=1S/C10H9ClN2O4/c1-5(14)9-7(11)3-4-8(12-6(2)15)10(9)13(16)17/h3-4H,1-2H3,(H,12,15). The molecule has 1 amide bonds. The fourth-order valence-corrected chi connectivity index (χ4v) is 1.67. The first-order valence-electron chi connectivity index (χ1n) is 4.60. The van der Waals surface area contributed by atoms with Gasteiger partial charge < -0.3 is 5.32 Å². The van der Waals surface area contributed by atoms with E-state index in [1.165, 1.54) is 26.0 Å². The molecule has 0 aliphatic rings. The van der Waals surface area contributed by atoms with Gasteiger partial charge in [0.25, 0.3) is 0 Å².